The van der Waals surface area contributed by atoms with Gasteiger partial charge in [-0.2, -0.15) is 5.10 Å². The summed E-state index contributed by atoms with van der Waals surface area (Å²) in [5.74, 6) is 0.236. The molecule has 0 spiro atoms. The van der Waals surface area contributed by atoms with E-state index in [2.05, 4.69) is 20.3 Å². The molecule has 0 radical (unpaired) electrons. The topological polar surface area (TPSA) is 112 Å². The molecule has 2 aromatic carbocycles. The lowest BCUT2D eigenvalue weighted by molar-refractivity contribution is 0.0946. The van der Waals surface area contributed by atoms with Gasteiger partial charge in [-0.25, -0.2) is 19.6 Å². The summed E-state index contributed by atoms with van der Waals surface area (Å²) in [6.07, 6.45) is 6.12. The molecule has 0 unspecified atom stereocenters. The number of pyridine rings is 1. The Morgan fingerprint density at radius 2 is 1.80 bits per heavy atom. The number of amides is 1. The fourth-order valence-corrected chi connectivity index (χ4v) is 4.85. The average molecular weight is 464 g/mol. The zero-order chi connectivity index (χ0) is 23.8. The molecule has 0 atom stereocenters. The zero-order valence-corrected chi connectivity index (χ0v) is 19.2. The lowest BCUT2D eigenvalue weighted by atomic mass is 10.1. The second-order valence-corrected chi connectivity index (χ2v) is 8.96. The predicted octanol–water partition coefficient (Wildman–Crippen LogP) is 4.67. The number of para-hydroxylation sites is 1. The fourth-order valence-electron chi connectivity index (χ4n) is 4.85. The molecule has 174 valence electrons. The van der Waals surface area contributed by atoms with Gasteiger partial charge in [0.15, 0.2) is 5.65 Å². The van der Waals surface area contributed by atoms with Crippen LogP contribution < -0.4 is 11.1 Å². The number of fused-ring (bicyclic) bond motifs is 2. The number of nitrogens with one attached hydrogen (secondary N) is 1. The summed E-state index contributed by atoms with van der Waals surface area (Å²) < 4.78 is 2.03. The van der Waals surface area contributed by atoms with Gasteiger partial charge >= 0.3 is 0 Å². The van der Waals surface area contributed by atoms with E-state index in [0.29, 0.717) is 24.1 Å². The number of hydrogen-bond acceptors (Lipinski definition) is 6. The molecule has 8 heteroatoms. The van der Waals surface area contributed by atoms with Crippen LogP contribution in [0.5, 0.6) is 0 Å². The van der Waals surface area contributed by atoms with Crippen molar-refractivity contribution in [1.29, 1.82) is 0 Å². The number of anilines is 1. The van der Waals surface area contributed by atoms with Crippen LogP contribution in [0.2, 0.25) is 0 Å². The summed E-state index contributed by atoms with van der Waals surface area (Å²) in [6, 6.07) is 19.7. The van der Waals surface area contributed by atoms with Crippen molar-refractivity contribution in [2.75, 3.05) is 5.73 Å². The first-order valence-electron chi connectivity index (χ1n) is 11.9. The minimum Gasteiger partial charge on any atom is -0.383 e. The van der Waals surface area contributed by atoms with Crippen LogP contribution >= 0.6 is 0 Å². The number of nitrogens with two attached hydrogens (primary N) is 1. The quantitative estimate of drug-likeness (QED) is 0.392. The third kappa shape index (κ3) is 3.97. The van der Waals surface area contributed by atoms with Gasteiger partial charge in [0, 0.05) is 17.5 Å². The maximum Gasteiger partial charge on any atom is 0.270 e. The summed E-state index contributed by atoms with van der Waals surface area (Å²) in [5.41, 5.74) is 11.0. The zero-order valence-electron chi connectivity index (χ0n) is 19.2. The summed E-state index contributed by atoms with van der Waals surface area (Å²) >= 11 is 0. The molecule has 1 saturated carbocycles. The molecule has 1 aliphatic carbocycles. The molecule has 5 aromatic rings. The van der Waals surface area contributed by atoms with Crippen molar-refractivity contribution in [3.8, 4) is 11.3 Å². The number of nitrogen functional groups attached to an aromatic ring is 1. The smallest absolute Gasteiger partial charge is 0.270 e. The monoisotopic (exact) mass is 463 g/mol. The second-order valence-electron chi connectivity index (χ2n) is 8.96. The third-order valence-electron chi connectivity index (χ3n) is 6.70. The highest BCUT2D eigenvalue weighted by Crippen LogP contribution is 2.36. The molecule has 3 N–H and O–H groups in total. The highest BCUT2D eigenvalue weighted by atomic mass is 16.1. The molecule has 6 rings (SSSR count). The Morgan fingerprint density at radius 1 is 1.00 bits per heavy atom. The van der Waals surface area contributed by atoms with Gasteiger partial charge in [-0.15, -0.1) is 0 Å². The van der Waals surface area contributed by atoms with Gasteiger partial charge in [0.25, 0.3) is 5.91 Å². The number of rotatable bonds is 5. The van der Waals surface area contributed by atoms with E-state index in [1.165, 1.54) is 19.2 Å². The van der Waals surface area contributed by atoms with Gasteiger partial charge in [-0.1, -0.05) is 61.4 Å². The number of aromatic nitrogens is 5. The van der Waals surface area contributed by atoms with Crippen LogP contribution in [0.3, 0.4) is 0 Å². The number of nitrogens with zero attached hydrogens (tertiary/aromatic N) is 5. The first kappa shape index (κ1) is 21.2. The molecule has 1 amide bonds. The number of hydrogen-bond donors (Lipinski definition) is 2. The van der Waals surface area contributed by atoms with Gasteiger partial charge in [0.05, 0.1) is 16.9 Å². The van der Waals surface area contributed by atoms with Crippen molar-refractivity contribution in [3.63, 3.8) is 0 Å². The molecule has 0 bridgehead atoms. The molecule has 35 heavy (non-hydrogen) atoms. The summed E-state index contributed by atoms with van der Waals surface area (Å²) in [7, 11) is 0. The number of carbonyl (C=O) groups excluding carboxylic acids is 1. The normalized spacial score (nSPS) is 14.1. The largest absolute Gasteiger partial charge is 0.383 e. The van der Waals surface area contributed by atoms with Crippen molar-refractivity contribution in [3.05, 3.63) is 78.2 Å². The van der Waals surface area contributed by atoms with Gasteiger partial charge in [0.2, 0.25) is 0 Å². The van der Waals surface area contributed by atoms with E-state index in [0.717, 1.165) is 51.6 Å². The van der Waals surface area contributed by atoms with Crippen molar-refractivity contribution in [2.24, 2.45) is 0 Å². The Bertz CT molecular complexity index is 1540. The Hall–Kier alpha value is -4.33. The lowest BCUT2D eigenvalue weighted by Crippen LogP contribution is -2.23. The minimum atomic E-state index is -0.203. The van der Waals surface area contributed by atoms with E-state index in [1.54, 1.807) is 6.07 Å². The molecular formula is C27H25N7O. The second kappa shape index (κ2) is 8.79. The molecule has 8 nitrogen and oxygen atoms in total. The Labute approximate surface area is 202 Å². The summed E-state index contributed by atoms with van der Waals surface area (Å²) in [6.45, 7) is 0.399. The van der Waals surface area contributed by atoms with Gasteiger partial charge < -0.3 is 11.1 Å². The fraction of sp³-hybridized carbons (Fsp3) is 0.222. The van der Waals surface area contributed by atoms with E-state index in [4.69, 9.17) is 10.8 Å². The standard InChI is InChI=1S/C27H25N7O/c28-25-23-24(33-34(20-6-2-3-7-20)26(23)31-16-30-25)19-11-9-17(10-12-19)15-29-27(35)22-14-13-18-5-1-4-8-21(18)32-22/h1,4-5,8-14,16,20H,2-3,6-7,15H2,(H,29,35)(H2,28,30,31). The first-order valence-corrected chi connectivity index (χ1v) is 11.9. The highest BCUT2D eigenvalue weighted by molar-refractivity contribution is 5.98. The minimum absolute atomic E-state index is 0.203. The molecule has 1 fully saturated rings. The van der Waals surface area contributed by atoms with Crippen LogP contribution in [0.15, 0.2) is 67.0 Å². The van der Waals surface area contributed by atoms with Crippen LogP contribution in [0.1, 0.15) is 47.8 Å². The van der Waals surface area contributed by atoms with E-state index in [-0.39, 0.29) is 5.91 Å². The number of benzene rings is 2. The van der Waals surface area contributed by atoms with Crippen LogP contribution in [-0.4, -0.2) is 30.6 Å². The van der Waals surface area contributed by atoms with Gasteiger partial charge in [0.1, 0.15) is 23.5 Å². The average Bonchev–Trinajstić information content (AvgIpc) is 3.56. The van der Waals surface area contributed by atoms with Crippen LogP contribution in [0.25, 0.3) is 33.2 Å². The first-order chi connectivity index (χ1) is 17.2. The molecular weight excluding hydrogens is 438 g/mol. The summed E-state index contributed by atoms with van der Waals surface area (Å²) in [5, 5.41) is 9.69. The number of carbonyl (C=O) groups is 1. The van der Waals surface area contributed by atoms with Crippen molar-refractivity contribution in [2.45, 2.75) is 38.3 Å². The van der Waals surface area contributed by atoms with Crippen LogP contribution in [-0.2, 0) is 6.54 Å². The molecule has 3 heterocycles. The molecule has 1 aliphatic rings. The highest BCUT2D eigenvalue weighted by Gasteiger charge is 2.24. The third-order valence-corrected chi connectivity index (χ3v) is 6.70. The molecule has 0 saturated heterocycles. The van der Waals surface area contributed by atoms with Crippen molar-refractivity contribution in [1.82, 2.24) is 30.0 Å². The van der Waals surface area contributed by atoms with Crippen LogP contribution in [0, 0.1) is 0 Å². The van der Waals surface area contributed by atoms with E-state index >= 15 is 0 Å². The van der Waals surface area contributed by atoms with Crippen molar-refractivity contribution < 1.29 is 4.79 Å². The van der Waals surface area contributed by atoms with E-state index < -0.39 is 0 Å². The SMILES string of the molecule is Nc1ncnc2c1c(-c1ccc(CNC(=O)c3ccc4ccccc4n3)cc1)nn2C1CCCC1. The lowest BCUT2D eigenvalue weighted by Gasteiger charge is -2.10. The summed E-state index contributed by atoms with van der Waals surface area (Å²) in [4.78, 5) is 25.8. The van der Waals surface area contributed by atoms with E-state index in [1.807, 2.05) is 59.3 Å². The maximum absolute atomic E-state index is 12.6. The van der Waals surface area contributed by atoms with Gasteiger partial charge in [-0.05, 0) is 30.5 Å². The van der Waals surface area contributed by atoms with Crippen LogP contribution in [0.4, 0.5) is 5.82 Å². The molecule has 0 aliphatic heterocycles. The van der Waals surface area contributed by atoms with E-state index in [9.17, 15) is 4.79 Å². The Morgan fingerprint density at radius 3 is 2.63 bits per heavy atom. The maximum atomic E-state index is 12.6. The van der Waals surface area contributed by atoms with Gasteiger partial charge in [-0.3, -0.25) is 4.79 Å². The Kier molecular flexibility index (Phi) is 5.33. The predicted molar refractivity (Wildman–Crippen MR) is 136 cm³/mol. The molecule has 3 aromatic heterocycles. The van der Waals surface area contributed by atoms with Crippen molar-refractivity contribution >= 4 is 33.7 Å². The Balaban J connectivity index is 1.22.